The molecular formula is C15H20F2N2O3. The summed E-state index contributed by atoms with van der Waals surface area (Å²) in [6.45, 7) is -1.23. The molecule has 0 aromatic heterocycles. The predicted molar refractivity (Wildman–Crippen MR) is 77.1 cm³/mol. The lowest BCUT2D eigenvalue weighted by Gasteiger charge is -2.22. The monoisotopic (exact) mass is 314 g/mol. The molecule has 1 heterocycles. The molecule has 2 rings (SSSR count). The quantitative estimate of drug-likeness (QED) is 0.842. The molecule has 0 radical (unpaired) electrons. The summed E-state index contributed by atoms with van der Waals surface area (Å²) in [6, 6.07) is 4.53. The molecule has 0 saturated carbocycles. The minimum absolute atomic E-state index is 0.0397. The van der Waals surface area contributed by atoms with Gasteiger partial charge in [-0.05, 0) is 37.6 Å². The van der Waals surface area contributed by atoms with Crippen molar-refractivity contribution in [3.8, 4) is 11.5 Å². The van der Waals surface area contributed by atoms with Gasteiger partial charge in [0, 0.05) is 18.7 Å². The van der Waals surface area contributed by atoms with E-state index >= 15 is 0 Å². The summed E-state index contributed by atoms with van der Waals surface area (Å²) >= 11 is 0. The van der Waals surface area contributed by atoms with Gasteiger partial charge >= 0.3 is 6.61 Å². The Bertz CT molecular complexity index is 506. The van der Waals surface area contributed by atoms with Gasteiger partial charge in [0.15, 0.2) is 0 Å². The number of piperidine rings is 1. The van der Waals surface area contributed by atoms with Gasteiger partial charge in [-0.2, -0.15) is 8.78 Å². The van der Waals surface area contributed by atoms with Crippen molar-refractivity contribution < 1.29 is 23.0 Å². The summed E-state index contributed by atoms with van der Waals surface area (Å²) in [5, 5.41) is 5.94. The molecule has 2 N–H and O–H groups in total. The Balaban J connectivity index is 2.01. The standard InChI is InChI=1S/C15H20F2N2O3/c1-21-12-4-5-13(22-15(16)17)11(7-12)9-19-14(20)10-3-2-6-18-8-10/h4-5,7,10,15,18H,2-3,6,8-9H2,1H3,(H,19,20). The van der Waals surface area contributed by atoms with Crippen molar-refractivity contribution in [3.05, 3.63) is 23.8 Å². The Labute approximate surface area is 128 Å². The van der Waals surface area contributed by atoms with Crippen LogP contribution in [0.5, 0.6) is 11.5 Å². The fraction of sp³-hybridized carbons (Fsp3) is 0.533. The molecule has 1 aromatic rings. The van der Waals surface area contributed by atoms with Gasteiger partial charge in [-0.25, -0.2) is 0 Å². The van der Waals surface area contributed by atoms with Crippen molar-refractivity contribution in [1.82, 2.24) is 10.6 Å². The molecule has 1 unspecified atom stereocenters. The summed E-state index contributed by atoms with van der Waals surface area (Å²) in [6.07, 6.45) is 1.79. The first kappa shape index (κ1) is 16.5. The Hall–Kier alpha value is -1.89. The molecule has 1 aliphatic heterocycles. The fourth-order valence-electron chi connectivity index (χ4n) is 2.43. The van der Waals surface area contributed by atoms with Gasteiger partial charge in [0.1, 0.15) is 11.5 Å². The van der Waals surface area contributed by atoms with E-state index < -0.39 is 6.61 Å². The summed E-state index contributed by atoms with van der Waals surface area (Å²) in [4.78, 5) is 12.1. The lowest BCUT2D eigenvalue weighted by atomic mass is 9.99. The Morgan fingerprint density at radius 3 is 2.95 bits per heavy atom. The van der Waals surface area contributed by atoms with Crippen LogP contribution in [0.2, 0.25) is 0 Å². The summed E-state index contributed by atoms with van der Waals surface area (Å²) < 4.78 is 34.4. The van der Waals surface area contributed by atoms with E-state index in [-0.39, 0.29) is 24.1 Å². The number of amides is 1. The van der Waals surface area contributed by atoms with Crippen LogP contribution in [0, 0.1) is 5.92 Å². The number of carbonyl (C=O) groups is 1. The molecule has 0 spiro atoms. The van der Waals surface area contributed by atoms with Crippen molar-refractivity contribution in [2.45, 2.75) is 26.0 Å². The largest absolute Gasteiger partial charge is 0.497 e. The van der Waals surface area contributed by atoms with E-state index in [1.165, 1.54) is 19.2 Å². The fourth-order valence-corrected chi connectivity index (χ4v) is 2.43. The first-order chi connectivity index (χ1) is 10.6. The molecule has 5 nitrogen and oxygen atoms in total. The molecule has 1 atom stereocenters. The Morgan fingerprint density at radius 2 is 2.32 bits per heavy atom. The number of methoxy groups -OCH3 is 1. The van der Waals surface area contributed by atoms with E-state index in [0.717, 1.165) is 19.4 Å². The number of hydrogen-bond donors (Lipinski definition) is 2. The van der Waals surface area contributed by atoms with Crippen molar-refractivity contribution in [1.29, 1.82) is 0 Å². The van der Waals surface area contributed by atoms with Gasteiger partial charge in [-0.15, -0.1) is 0 Å². The number of hydrogen-bond acceptors (Lipinski definition) is 4. The third kappa shape index (κ3) is 4.56. The van der Waals surface area contributed by atoms with Crippen LogP contribution in [0.15, 0.2) is 18.2 Å². The Kier molecular flexibility index (Phi) is 5.94. The molecule has 0 bridgehead atoms. The Morgan fingerprint density at radius 1 is 1.50 bits per heavy atom. The number of ether oxygens (including phenoxy) is 2. The molecule has 1 amide bonds. The predicted octanol–water partition coefficient (Wildman–Crippen LogP) is 1.91. The van der Waals surface area contributed by atoms with Crippen LogP contribution < -0.4 is 20.1 Å². The third-order valence-corrected chi connectivity index (χ3v) is 3.60. The van der Waals surface area contributed by atoms with E-state index in [4.69, 9.17) is 4.74 Å². The zero-order chi connectivity index (χ0) is 15.9. The van der Waals surface area contributed by atoms with Crippen LogP contribution in [-0.4, -0.2) is 32.7 Å². The molecule has 122 valence electrons. The van der Waals surface area contributed by atoms with E-state index in [2.05, 4.69) is 15.4 Å². The maximum Gasteiger partial charge on any atom is 0.387 e. The van der Waals surface area contributed by atoms with Crippen LogP contribution in [0.1, 0.15) is 18.4 Å². The van der Waals surface area contributed by atoms with Gasteiger partial charge in [0.2, 0.25) is 5.91 Å². The van der Waals surface area contributed by atoms with E-state index in [1.807, 2.05) is 0 Å². The second-order valence-corrected chi connectivity index (χ2v) is 5.11. The van der Waals surface area contributed by atoms with Gasteiger partial charge in [-0.3, -0.25) is 4.79 Å². The highest BCUT2D eigenvalue weighted by molar-refractivity contribution is 5.79. The average Bonchev–Trinajstić information content (AvgIpc) is 2.54. The van der Waals surface area contributed by atoms with Gasteiger partial charge in [0.05, 0.1) is 13.0 Å². The van der Waals surface area contributed by atoms with Crippen LogP contribution in [0.3, 0.4) is 0 Å². The topological polar surface area (TPSA) is 59.6 Å². The number of rotatable bonds is 6. The second kappa shape index (κ2) is 7.93. The number of alkyl halides is 2. The minimum Gasteiger partial charge on any atom is -0.497 e. The first-order valence-corrected chi connectivity index (χ1v) is 7.20. The number of benzene rings is 1. The zero-order valence-electron chi connectivity index (χ0n) is 12.4. The summed E-state index contributed by atoms with van der Waals surface area (Å²) in [5.41, 5.74) is 0.455. The number of carbonyl (C=O) groups excluding carboxylic acids is 1. The maximum absolute atomic E-state index is 12.4. The summed E-state index contributed by atoms with van der Waals surface area (Å²) in [5.74, 6) is 0.389. The van der Waals surface area contributed by atoms with Crippen molar-refractivity contribution >= 4 is 5.91 Å². The molecule has 7 heteroatoms. The highest BCUT2D eigenvalue weighted by Gasteiger charge is 2.21. The highest BCUT2D eigenvalue weighted by atomic mass is 19.3. The second-order valence-electron chi connectivity index (χ2n) is 5.11. The maximum atomic E-state index is 12.4. The van der Waals surface area contributed by atoms with Gasteiger partial charge in [-0.1, -0.05) is 0 Å². The lowest BCUT2D eigenvalue weighted by molar-refractivity contribution is -0.125. The van der Waals surface area contributed by atoms with E-state index in [0.29, 0.717) is 17.9 Å². The normalized spacial score (nSPS) is 18.1. The van der Waals surface area contributed by atoms with E-state index in [1.54, 1.807) is 6.07 Å². The number of nitrogens with one attached hydrogen (secondary N) is 2. The van der Waals surface area contributed by atoms with Gasteiger partial charge < -0.3 is 20.1 Å². The van der Waals surface area contributed by atoms with Crippen molar-refractivity contribution in [2.75, 3.05) is 20.2 Å². The third-order valence-electron chi connectivity index (χ3n) is 3.60. The summed E-state index contributed by atoms with van der Waals surface area (Å²) in [7, 11) is 1.49. The number of halogens is 2. The minimum atomic E-state index is -2.91. The smallest absolute Gasteiger partial charge is 0.387 e. The van der Waals surface area contributed by atoms with Crippen LogP contribution in [0.25, 0.3) is 0 Å². The molecule has 0 aliphatic carbocycles. The SMILES string of the molecule is COc1ccc(OC(F)F)c(CNC(=O)C2CCCNC2)c1. The van der Waals surface area contributed by atoms with Crippen LogP contribution in [-0.2, 0) is 11.3 Å². The first-order valence-electron chi connectivity index (χ1n) is 7.20. The molecule has 1 fully saturated rings. The molecule has 1 aromatic carbocycles. The van der Waals surface area contributed by atoms with Crippen LogP contribution >= 0.6 is 0 Å². The zero-order valence-corrected chi connectivity index (χ0v) is 12.4. The van der Waals surface area contributed by atoms with Crippen molar-refractivity contribution in [3.63, 3.8) is 0 Å². The van der Waals surface area contributed by atoms with Crippen molar-refractivity contribution in [2.24, 2.45) is 5.92 Å². The molecule has 1 aliphatic rings. The van der Waals surface area contributed by atoms with E-state index in [9.17, 15) is 13.6 Å². The lowest BCUT2D eigenvalue weighted by Crippen LogP contribution is -2.40. The highest BCUT2D eigenvalue weighted by Crippen LogP contribution is 2.25. The molecular weight excluding hydrogens is 294 g/mol. The average molecular weight is 314 g/mol. The van der Waals surface area contributed by atoms with Crippen LogP contribution in [0.4, 0.5) is 8.78 Å². The van der Waals surface area contributed by atoms with Gasteiger partial charge in [0.25, 0.3) is 0 Å². The molecule has 22 heavy (non-hydrogen) atoms. The molecule has 1 saturated heterocycles.